The molecule has 9 heteroatoms. The van der Waals surface area contributed by atoms with Crippen LogP contribution in [0.5, 0.6) is 0 Å². The van der Waals surface area contributed by atoms with Crippen molar-refractivity contribution in [3.63, 3.8) is 0 Å². The minimum atomic E-state index is -0.119. The highest BCUT2D eigenvalue weighted by Crippen LogP contribution is 2.26. The molecule has 3 heterocycles. The van der Waals surface area contributed by atoms with E-state index in [1.807, 2.05) is 16.7 Å². The number of amides is 1. The summed E-state index contributed by atoms with van der Waals surface area (Å²) in [6.07, 6.45) is 1.95. The van der Waals surface area contributed by atoms with E-state index >= 15 is 0 Å². The fourth-order valence-electron chi connectivity index (χ4n) is 2.38. The summed E-state index contributed by atoms with van der Waals surface area (Å²) in [6, 6.07) is 5.37. The third-order valence-corrected chi connectivity index (χ3v) is 4.43. The maximum absolute atomic E-state index is 12.0. The van der Waals surface area contributed by atoms with Gasteiger partial charge in [0, 0.05) is 24.8 Å². The molecule has 0 atom stereocenters. The molecule has 3 aromatic heterocycles. The zero-order valence-electron chi connectivity index (χ0n) is 14.9. The second-order valence-corrected chi connectivity index (χ2v) is 7.32. The molecule has 0 saturated heterocycles. The van der Waals surface area contributed by atoms with Gasteiger partial charge in [0.15, 0.2) is 22.6 Å². The lowest BCUT2D eigenvalue weighted by molar-refractivity contribution is -0.115. The molecule has 0 aliphatic rings. The molecule has 138 valence electrons. The summed E-state index contributed by atoms with van der Waals surface area (Å²) >= 11 is 1.49. The van der Waals surface area contributed by atoms with Gasteiger partial charge in [-0.05, 0) is 25.0 Å². The monoisotopic (exact) mass is 375 g/mol. The van der Waals surface area contributed by atoms with Crippen molar-refractivity contribution in [1.82, 2.24) is 19.9 Å². The van der Waals surface area contributed by atoms with Crippen LogP contribution in [-0.2, 0) is 11.3 Å². The van der Waals surface area contributed by atoms with Crippen molar-refractivity contribution in [2.75, 3.05) is 11.1 Å². The SMILES string of the molecule is Cc1cc(NC(=O)CCSc2nnc(-c3ccco3)n2CC(C)C)no1. The quantitative estimate of drug-likeness (QED) is 0.600. The number of nitrogens with one attached hydrogen (secondary N) is 1. The zero-order chi connectivity index (χ0) is 18.5. The van der Waals surface area contributed by atoms with Gasteiger partial charge < -0.3 is 14.3 Å². The van der Waals surface area contributed by atoms with Gasteiger partial charge in [0.1, 0.15) is 5.76 Å². The van der Waals surface area contributed by atoms with Crippen molar-refractivity contribution in [3.8, 4) is 11.6 Å². The van der Waals surface area contributed by atoms with Crippen molar-refractivity contribution < 1.29 is 13.7 Å². The standard InChI is InChI=1S/C17H21N5O3S/c1-11(2)10-22-16(13-5-4-7-24-13)19-20-17(22)26-8-6-15(23)18-14-9-12(3)25-21-14/h4-5,7,9,11H,6,8,10H2,1-3H3,(H,18,21,23). The minimum absolute atomic E-state index is 0.119. The first-order chi connectivity index (χ1) is 12.5. The maximum Gasteiger partial charge on any atom is 0.226 e. The molecule has 26 heavy (non-hydrogen) atoms. The van der Waals surface area contributed by atoms with Gasteiger partial charge in [-0.1, -0.05) is 30.8 Å². The fourth-order valence-corrected chi connectivity index (χ4v) is 3.26. The molecule has 0 fully saturated rings. The van der Waals surface area contributed by atoms with E-state index < -0.39 is 0 Å². The second kappa shape index (κ2) is 8.22. The second-order valence-electron chi connectivity index (χ2n) is 6.26. The lowest BCUT2D eigenvalue weighted by atomic mass is 10.2. The van der Waals surface area contributed by atoms with E-state index in [0.717, 1.165) is 11.7 Å². The number of carbonyl (C=O) groups excluding carboxylic acids is 1. The van der Waals surface area contributed by atoms with E-state index in [1.165, 1.54) is 11.8 Å². The van der Waals surface area contributed by atoms with E-state index in [9.17, 15) is 4.79 Å². The van der Waals surface area contributed by atoms with Gasteiger partial charge in [0.25, 0.3) is 0 Å². The Morgan fingerprint density at radius 2 is 2.23 bits per heavy atom. The molecular weight excluding hydrogens is 354 g/mol. The van der Waals surface area contributed by atoms with Gasteiger partial charge in [-0.25, -0.2) is 0 Å². The lowest BCUT2D eigenvalue weighted by Crippen LogP contribution is -2.13. The van der Waals surface area contributed by atoms with Crippen LogP contribution in [0, 0.1) is 12.8 Å². The molecule has 3 rings (SSSR count). The number of aromatic nitrogens is 4. The summed E-state index contributed by atoms with van der Waals surface area (Å²) in [5.74, 6) is 3.36. The van der Waals surface area contributed by atoms with E-state index in [1.54, 1.807) is 19.3 Å². The van der Waals surface area contributed by atoms with Gasteiger partial charge in [0.05, 0.1) is 6.26 Å². The average molecular weight is 375 g/mol. The largest absolute Gasteiger partial charge is 0.461 e. The number of carbonyl (C=O) groups is 1. The van der Waals surface area contributed by atoms with Crippen molar-refractivity contribution >= 4 is 23.5 Å². The first kappa shape index (κ1) is 18.2. The molecule has 0 bridgehead atoms. The van der Waals surface area contributed by atoms with Gasteiger partial charge >= 0.3 is 0 Å². The number of hydrogen-bond acceptors (Lipinski definition) is 7. The molecule has 1 N–H and O–H groups in total. The van der Waals surface area contributed by atoms with E-state index in [0.29, 0.717) is 41.3 Å². The van der Waals surface area contributed by atoms with Gasteiger partial charge in [0.2, 0.25) is 5.91 Å². The molecule has 8 nitrogen and oxygen atoms in total. The molecule has 0 aliphatic heterocycles. The summed E-state index contributed by atoms with van der Waals surface area (Å²) in [5, 5.41) is 15.8. The van der Waals surface area contributed by atoms with E-state index in [2.05, 4.69) is 34.5 Å². The highest BCUT2D eigenvalue weighted by atomic mass is 32.2. The average Bonchev–Trinajstić information content (AvgIpc) is 3.30. The van der Waals surface area contributed by atoms with Crippen LogP contribution in [0.2, 0.25) is 0 Å². The van der Waals surface area contributed by atoms with Crippen molar-refractivity contribution in [1.29, 1.82) is 0 Å². The number of nitrogens with zero attached hydrogens (tertiary/aromatic N) is 4. The Bertz CT molecular complexity index is 854. The predicted molar refractivity (Wildman–Crippen MR) is 97.8 cm³/mol. The Morgan fingerprint density at radius 3 is 2.88 bits per heavy atom. The van der Waals surface area contributed by atoms with Crippen LogP contribution in [0.15, 0.2) is 38.6 Å². The van der Waals surface area contributed by atoms with Gasteiger partial charge in [-0.2, -0.15) is 0 Å². The number of anilines is 1. The van der Waals surface area contributed by atoms with Crippen molar-refractivity contribution in [3.05, 3.63) is 30.2 Å². The Labute approximate surface area is 155 Å². The first-order valence-electron chi connectivity index (χ1n) is 8.36. The molecule has 0 aromatic carbocycles. The van der Waals surface area contributed by atoms with Crippen LogP contribution >= 0.6 is 11.8 Å². The normalized spacial score (nSPS) is 11.2. The van der Waals surface area contributed by atoms with Crippen molar-refractivity contribution in [2.45, 2.75) is 38.9 Å². The number of furan rings is 1. The zero-order valence-corrected chi connectivity index (χ0v) is 15.7. The number of thioether (sulfide) groups is 1. The smallest absolute Gasteiger partial charge is 0.226 e. The Kier molecular flexibility index (Phi) is 5.77. The fraction of sp³-hybridized carbons (Fsp3) is 0.412. The van der Waals surface area contributed by atoms with Crippen LogP contribution in [0.4, 0.5) is 5.82 Å². The summed E-state index contributed by atoms with van der Waals surface area (Å²) in [6.45, 7) is 6.81. The number of aryl methyl sites for hydroxylation is 1. The van der Waals surface area contributed by atoms with Gasteiger partial charge in [-0.3, -0.25) is 9.36 Å². The van der Waals surface area contributed by atoms with Crippen LogP contribution in [0.1, 0.15) is 26.0 Å². The summed E-state index contributed by atoms with van der Waals surface area (Å²) in [5.41, 5.74) is 0. The molecule has 0 spiro atoms. The number of rotatable bonds is 8. The molecule has 3 aromatic rings. The molecule has 0 radical (unpaired) electrons. The Morgan fingerprint density at radius 1 is 1.38 bits per heavy atom. The van der Waals surface area contributed by atoms with E-state index in [4.69, 9.17) is 8.94 Å². The van der Waals surface area contributed by atoms with Crippen LogP contribution in [-0.4, -0.2) is 31.6 Å². The third-order valence-electron chi connectivity index (χ3n) is 3.46. The molecule has 0 unspecified atom stereocenters. The Hall–Kier alpha value is -2.55. The number of hydrogen-bond donors (Lipinski definition) is 1. The van der Waals surface area contributed by atoms with Crippen LogP contribution < -0.4 is 5.32 Å². The van der Waals surface area contributed by atoms with Crippen LogP contribution in [0.25, 0.3) is 11.6 Å². The van der Waals surface area contributed by atoms with Crippen molar-refractivity contribution in [2.24, 2.45) is 5.92 Å². The predicted octanol–water partition coefficient (Wildman–Crippen LogP) is 3.61. The summed E-state index contributed by atoms with van der Waals surface area (Å²) in [4.78, 5) is 12.0. The molecule has 0 saturated carbocycles. The third kappa shape index (κ3) is 4.54. The van der Waals surface area contributed by atoms with E-state index in [-0.39, 0.29) is 5.91 Å². The lowest BCUT2D eigenvalue weighted by Gasteiger charge is -2.11. The summed E-state index contributed by atoms with van der Waals surface area (Å²) in [7, 11) is 0. The van der Waals surface area contributed by atoms with Crippen LogP contribution in [0.3, 0.4) is 0 Å². The molecular formula is C17H21N5O3S. The highest BCUT2D eigenvalue weighted by molar-refractivity contribution is 7.99. The molecule has 0 aliphatic carbocycles. The maximum atomic E-state index is 12.0. The summed E-state index contributed by atoms with van der Waals surface area (Å²) < 4.78 is 12.4. The topological polar surface area (TPSA) is 99.0 Å². The molecule has 1 amide bonds. The van der Waals surface area contributed by atoms with Gasteiger partial charge in [-0.15, -0.1) is 10.2 Å². The Balaban J connectivity index is 1.61. The minimum Gasteiger partial charge on any atom is -0.461 e. The first-order valence-corrected chi connectivity index (χ1v) is 9.34. The highest BCUT2D eigenvalue weighted by Gasteiger charge is 2.17.